The Morgan fingerprint density at radius 3 is 2.11 bits per heavy atom. The van der Waals surface area contributed by atoms with Crippen LogP contribution in [0.25, 0.3) is 0 Å². The topological polar surface area (TPSA) is 130 Å². The normalized spacial score (nSPS) is 12.7. The molecule has 0 saturated carbocycles. The Kier molecular flexibility index (Phi) is 11.8. The molecule has 208 valence electrons. The molecule has 3 rings (SSSR count). The minimum absolute atomic E-state index is 0.0480. The molecule has 2 N–H and O–H groups in total. The van der Waals surface area contributed by atoms with Crippen molar-refractivity contribution in [3.8, 4) is 0 Å². The summed E-state index contributed by atoms with van der Waals surface area (Å²) in [7, 11) is 0. The van der Waals surface area contributed by atoms with Crippen molar-refractivity contribution in [1.29, 1.82) is 0 Å². The van der Waals surface area contributed by atoms with E-state index in [0.717, 1.165) is 22.9 Å². The lowest BCUT2D eigenvalue weighted by Gasteiger charge is -2.30. The lowest BCUT2D eigenvalue weighted by atomic mass is 9.97. The highest BCUT2D eigenvalue weighted by molar-refractivity contribution is 5.94. The van der Waals surface area contributed by atoms with Crippen molar-refractivity contribution in [2.75, 3.05) is 13.2 Å². The second kappa shape index (κ2) is 14.0. The van der Waals surface area contributed by atoms with Gasteiger partial charge in [-0.3, -0.25) is 14.8 Å². The summed E-state index contributed by atoms with van der Waals surface area (Å²) in [5.74, 6) is -6.44. The van der Waals surface area contributed by atoms with E-state index >= 15 is 0 Å². The van der Waals surface area contributed by atoms with Crippen LogP contribution < -0.4 is 0 Å². The molecule has 1 aliphatic heterocycles. The van der Waals surface area contributed by atoms with Crippen molar-refractivity contribution in [2.45, 2.75) is 31.9 Å². The van der Waals surface area contributed by atoms with Crippen LogP contribution >= 0.6 is 0 Å². The SMILES string of the molecule is C=CCOCc1cncc2c1CCN(C(=O)c1ccncc1F)C2.O=C(O)C(F)(F)F.O=C(O)C(F)(F)F. The van der Waals surface area contributed by atoms with Gasteiger partial charge in [0.1, 0.15) is 0 Å². The van der Waals surface area contributed by atoms with E-state index in [1.165, 1.54) is 12.3 Å². The summed E-state index contributed by atoms with van der Waals surface area (Å²) in [4.78, 5) is 39.9. The maximum absolute atomic E-state index is 13.8. The standard InChI is InChI=1S/C18H18FN3O2.2C2HF3O2/c1-2-7-24-12-14-9-21-8-13-11-22(6-4-15(13)14)18(23)16-3-5-20-10-17(16)19;2*3-2(4,5)1(6)7/h2-3,5,8-10H,1,4,6-7,11-12H2;2*(H,6,7). The van der Waals surface area contributed by atoms with Gasteiger partial charge in [-0.25, -0.2) is 14.0 Å². The number of carbonyl (C=O) groups is 3. The van der Waals surface area contributed by atoms with E-state index in [1.54, 1.807) is 23.4 Å². The van der Waals surface area contributed by atoms with Gasteiger partial charge in [0.05, 0.1) is 25.0 Å². The highest BCUT2D eigenvalue weighted by atomic mass is 19.4. The Balaban J connectivity index is 0.000000426. The van der Waals surface area contributed by atoms with Gasteiger partial charge in [0.2, 0.25) is 0 Å². The van der Waals surface area contributed by atoms with E-state index in [4.69, 9.17) is 24.5 Å². The zero-order chi connectivity index (χ0) is 29.1. The maximum Gasteiger partial charge on any atom is 0.490 e. The second-order valence-electron chi connectivity index (χ2n) is 7.18. The Labute approximate surface area is 210 Å². The van der Waals surface area contributed by atoms with Gasteiger partial charge in [0.15, 0.2) is 5.82 Å². The van der Waals surface area contributed by atoms with Gasteiger partial charge in [0.25, 0.3) is 5.91 Å². The monoisotopic (exact) mass is 555 g/mol. The van der Waals surface area contributed by atoms with E-state index in [9.17, 15) is 35.5 Å². The third-order valence-corrected chi connectivity index (χ3v) is 4.50. The number of aliphatic carboxylic acids is 2. The molecule has 0 unspecified atom stereocenters. The molecule has 0 bridgehead atoms. The predicted octanol–water partition coefficient (Wildman–Crippen LogP) is 3.78. The fraction of sp³-hybridized carbons (Fsp3) is 0.318. The van der Waals surface area contributed by atoms with Gasteiger partial charge in [-0.05, 0) is 29.2 Å². The molecule has 0 saturated heterocycles. The zero-order valence-corrected chi connectivity index (χ0v) is 19.2. The number of hydrogen-bond acceptors (Lipinski definition) is 6. The average Bonchev–Trinajstić information content (AvgIpc) is 2.83. The number of amides is 1. The number of carbonyl (C=O) groups excluding carboxylic acids is 1. The van der Waals surface area contributed by atoms with Crippen LogP contribution in [0.4, 0.5) is 30.7 Å². The fourth-order valence-corrected chi connectivity index (χ4v) is 2.84. The smallest absolute Gasteiger partial charge is 0.475 e. The van der Waals surface area contributed by atoms with Gasteiger partial charge in [-0.2, -0.15) is 26.3 Å². The molecule has 2 aromatic heterocycles. The second-order valence-corrected chi connectivity index (χ2v) is 7.18. The van der Waals surface area contributed by atoms with Gasteiger partial charge in [-0.15, -0.1) is 6.58 Å². The van der Waals surface area contributed by atoms with Crippen molar-refractivity contribution in [3.05, 3.63) is 71.6 Å². The summed E-state index contributed by atoms with van der Waals surface area (Å²) in [6.45, 7) is 5.52. The van der Waals surface area contributed by atoms with Gasteiger partial charge in [0, 0.05) is 31.7 Å². The van der Waals surface area contributed by atoms with Crippen LogP contribution in [0.15, 0.2) is 43.5 Å². The van der Waals surface area contributed by atoms with Crippen molar-refractivity contribution in [2.24, 2.45) is 0 Å². The third-order valence-electron chi connectivity index (χ3n) is 4.50. The number of carboxylic acids is 2. The van der Waals surface area contributed by atoms with Crippen molar-refractivity contribution in [1.82, 2.24) is 14.9 Å². The summed E-state index contributed by atoms with van der Waals surface area (Å²) < 4.78 is 82.8. The van der Waals surface area contributed by atoms with Crippen LogP contribution in [0.3, 0.4) is 0 Å². The molecule has 2 aromatic rings. The van der Waals surface area contributed by atoms with E-state index in [1.807, 2.05) is 0 Å². The molecule has 1 amide bonds. The lowest BCUT2D eigenvalue weighted by Crippen LogP contribution is -2.37. The molecule has 0 aromatic carbocycles. The Morgan fingerprint density at radius 2 is 1.61 bits per heavy atom. The summed E-state index contributed by atoms with van der Waals surface area (Å²) in [6.07, 6.45) is -1.74. The van der Waals surface area contributed by atoms with Crippen LogP contribution in [0.5, 0.6) is 0 Å². The van der Waals surface area contributed by atoms with Crippen LogP contribution in [0.2, 0.25) is 0 Å². The summed E-state index contributed by atoms with van der Waals surface area (Å²) in [5.41, 5.74) is 3.21. The van der Waals surface area contributed by atoms with E-state index in [0.29, 0.717) is 32.7 Å². The number of rotatable bonds is 5. The van der Waals surface area contributed by atoms with E-state index in [-0.39, 0.29) is 11.5 Å². The third kappa shape index (κ3) is 10.1. The number of halogens is 7. The average molecular weight is 555 g/mol. The molecular formula is C22H20F7N3O6. The fourth-order valence-electron chi connectivity index (χ4n) is 2.84. The molecular weight excluding hydrogens is 535 g/mol. The Bertz CT molecular complexity index is 1120. The Morgan fingerprint density at radius 1 is 1.03 bits per heavy atom. The van der Waals surface area contributed by atoms with E-state index in [2.05, 4.69) is 16.5 Å². The number of carboxylic acid groups (broad SMARTS) is 2. The van der Waals surface area contributed by atoms with Gasteiger partial charge >= 0.3 is 24.3 Å². The minimum atomic E-state index is -5.08. The van der Waals surface area contributed by atoms with Crippen molar-refractivity contribution >= 4 is 17.8 Å². The first-order valence-corrected chi connectivity index (χ1v) is 10.2. The number of hydrogen-bond donors (Lipinski definition) is 2. The van der Waals surface area contributed by atoms with Crippen LogP contribution in [0, 0.1) is 5.82 Å². The van der Waals surface area contributed by atoms with Gasteiger partial charge < -0.3 is 19.8 Å². The maximum atomic E-state index is 13.8. The van der Waals surface area contributed by atoms with Crippen LogP contribution in [-0.2, 0) is 33.9 Å². The quantitative estimate of drug-likeness (QED) is 0.324. The predicted molar refractivity (Wildman–Crippen MR) is 114 cm³/mol. The zero-order valence-electron chi connectivity index (χ0n) is 19.2. The van der Waals surface area contributed by atoms with E-state index < -0.39 is 30.1 Å². The van der Waals surface area contributed by atoms with Crippen LogP contribution in [0.1, 0.15) is 27.0 Å². The van der Waals surface area contributed by atoms with Crippen LogP contribution in [-0.4, -0.2) is 68.4 Å². The first-order chi connectivity index (χ1) is 17.6. The molecule has 0 spiro atoms. The molecule has 38 heavy (non-hydrogen) atoms. The molecule has 0 aliphatic carbocycles. The number of nitrogens with zero attached hydrogens (tertiary/aromatic N) is 3. The minimum Gasteiger partial charge on any atom is -0.475 e. The van der Waals surface area contributed by atoms with Gasteiger partial charge in [-0.1, -0.05) is 6.08 Å². The number of fused-ring (bicyclic) bond motifs is 1. The Hall–Kier alpha value is -4.08. The molecule has 3 heterocycles. The number of pyridine rings is 2. The first-order valence-electron chi connectivity index (χ1n) is 10.2. The lowest BCUT2D eigenvalue weighted by molar-refractivity contribution is -0.193. The summed E-state index contributed by atoms with van der Waals surface area (Å²) >= 11 is 0. The number of aromatic nitrogens is 2. The summed E-state index contributed by atoms with van der Waals surface area (Å²) in [6, 6.07) is 1.41. The molecule has 0 atom stereocenters. The first kappa shape index (κ1) is 31.9. The van der Waals surface area contributed by atoms with Crippen molar-refractivity contribution in [3.63, 3.8) is 0 Å². The van der Waals surface area contributed by atoms with Crippen molar-refractivity contribution < 1.29 is 60.1 Å². The number of alkyl halides is 6. The molecule has 9 nitrogen and oxygen atoms in total. The summed E-state index contributed by atoms with van der Waals surface area (Å²) in [5, 5.41) is 14.2. The molecule has 0 radical (unpaired) electrons. The molecule has 1 aliphatic rings. The largest absolute Gasteiger partial charge is 0.490 e. The molecule has 16 heteroatoms. The highest BCUT2D eigenvalue weighted by Crippen LogP contribution is 2.24. The highest BCUT2D eigenvalue weighted by Gasteiger charge is 2.38. The molecule has 0 fully saturated rings. The number of ether oxygens (including phenoxy) is 1.